The SMILES string of the molecule is CC(=O)N[C@@H](Cc1ccccc1)C(=O)N[C@@H](CCCCN)C(=O)OC(C)(C)C. The van der Waals surface area contributed by atoms with Gasteiger partial charge in [0, 0.05) is 13.3 Å². The molecular weight excluding hydrogens is 358 g/mol. The van der Waals surface area contributed by atoms with Crippen molar-refractivity contribution >= 4 is 17.8 Å². The van der Waals surface area contributed by atoms with Gasteiger partial charge in [0.15, 0.2) is 0 Å². The maximum absolute atomic E-state index is 12.8. The smallest absolute Gasteiger partial charge is 0.329 e. The number of hydrogen-bond acceptors (Lipinski definition) is 5. The fraction of sp³-hybridized carbons (Fsp3) is 0.571. The highest BCUT2D eigenvalue weighted by atomic mass is 16.6. The minimum Gasteiger partial charge on any atom is -0.458 e. The number of hydrogen-bond donors (Lipinski definition) is 3. The first kappa shape index (κ1) is 23.6. The average Bonchev–Trinajstić information content (AvgIpc) is 2.59. The van der Waals surface area contributed by atoms with Gasteiger partial charge in [0.1, 0.15) is 17.7 Å². The lowest BCUT2D eigenvalue weighted by atomic mass is 10.0. The Labute approximate surface area is 167 Å². The minimum absolute atomic E-state index is 0.312. The lowest BCUT2D eigenvalue weighted by Gasteiger charge is -2.26. The highest BCUT2D eigenvalue weighted by Crippen LogP contribution is 2.12. The topological polar surface area (TPSA) is 111 Å². The molecule has 156 valence electrons. The molecule has 0 aliphatic heterocycles. The van der Waals surface area contributed by atoms with Crippen molar-refractivity contribution in [3.05, 3.63) is 35.9 Å². The molecular formula is C21H33N3O4. The molecule has 1 rings (SSSR count). The summed E-state index contributed by atoms with van der Waals surface area (Å²) in [5.74, 6) is -1.21. The van der Waals surface area contributed by atoms with Crippen LogP contribution in [0.3, 0.4) is 0 Å². The standard InChI is InChI=1S/C21H33N3O4/c1-15(25)23-18(14-16-10-6-5-7-11-16)19(26)24-17(12-8-9-13-22)20(27)28-21(2,3)4/h5-7,10-11,17-18H,8-9,12-14,22H2,1-4H3,(H,23,25)(H,24,26)/t17-,18-/m0/s1. The summed E-state index contributed by atoms with van der Waals surface area (Å²) in [4.78, 5) is 36.9. The summed E-state index contributed by atoms with van der Waals surface area (Å²) in [6.45, 7) is 7.20. The molecule has 28 heavy (non-hydrogen) atoms. The second kappa shape index (κ2) is 11.4. The van der Waals surface area contributed by atoms with Crippen LogP contribution in [0, 0.1) is 0 Å². The molecule has 2 atom stereocenters. The van der Waals surface area contributed by atoms with E-state index >= 15 is 0 Å². The lowest BCUT2D eigenvalue weighted by Crippen LogP contribution is -2.53. The highest BCUT2D eigenvalue weighted by Gasteiger charge is 2.29. The van der Waals surface area contributed by atoms with Gasteiger partial charge in [-0.05, 0) is 52.1 Å². The van der Waals surface area contributed by atoms with Crippen LogP contribution in [0.2, 0.25) is 0 Å². The summed E-state index contributed by atoms with van der Waals surface area (Å²) < 4.78 is 5.44. The summed E-state index contributed by atoms with van der Waals surface area (Å²) in [5, 5.41) is 5.42. The Kier molecular flexibility index (Phi) is 9.65. The van der Waals surface area contributed by atoms with Gasteiger partial charge in [-0.1, -0.05) is 30.3 Å². The zero-order valence-corrected chi connectivity index (χ0v) is 17.3. The number of carbonyl (C=O) groups is 3. The van der Waals surface area contributed by atoms with Crippen LogP contribution in [0.25, 0.3) is 0 Å². The number of ether oxygens (including phenoxy) is 1. The number of esters is 1. The number of nitrogens with two attached hydrogens (primary N) is 1. The first-order valence-corrected chi connectivity index (χ1v) is 9.66. The maximum Gasteiger partial charge on any atom is 0.329 e. The Morgan fingerprint density at radius 1 is 1.04 bits per heavy atom. The van der Waals surface area contributed by atoms with Gasteiger partial charge in [0.05, 0.1) is 0 Å². The average molecular weight is 392 g/mol. The van der Waals surface area contributed by atoms with Gasteiger partial charge in [-0.15, -0.1) is 0 Å². The molecule has 0 heterocycles. The van der Waals surface area contributed by atoms with E-state index in [4.69, 9.17) is 10.5 Å². The zero-order valence-electron chi connectivity index (χ0n) is 17.3. The normalized spacial score (nSPS) is 13.3. The van der Waals surface area contributed by atoms with Gasteiger partial charge in [-0.2, -0.15) is 0 Å². The molecule has 1 aromatic rings. The van der Waals surface area contributed by atoms with Crippen molar-refractivity contribution < 1.29 is 19.1 Å². The van der Waals surface area contributed by atoms with Crippen LogP contribution in [0.1, 0.15) is 52.5 Å². The summed E-state index contributed by atoms with van der Waals surface area (Å²) in [7, 11) is 0. The predicted octanol–water partition coefficient (Wildman–Crippen LogP) is 1.69. The van der Waals surface area contributed by atoms with Crippen molar-refractivity contribution in [2.24, 2.45) is 5.73 Å². The number of benzene rings is 1. The van der Waals surface area contributed by atoms with Gasteiger partial charge in [0.2, 0.25) is 11.8 Å². The molecule has 0 aliphatic rings. The molecule has 7 heteroatoms. The minimum atomic E-state index is -0.787. The van der Waals surface area contributed by atoms with E-state index in [0.29, 0.717) is 25.8 Å². The van der Waals surface area contributed by atoms with Crippen LogP contribution in [0.15, 0.2) is 30.3 Å². The van der Waals surface area contributed by atoms with E-state index in [9.17, 15) is 14.4 Å². The largest absolute Gasteiger partial charge is 0.458 e. The molecule has 0 saturated carbocycles. The molecule has 0 spiro atoms. The molecule has 7 nitrogen and oxygen atoms in total. The quantitative estimate of drug-likeness (QED) is 0.415. The predicted molar refractivity (Wildman–Crippen MR) is 108 cm³/mol. The van der Waals surface area contributed by atoms with E-state index in [1.807, 2.05) is 30.3 Å². The molecule has 1 aromatic carbocycles. The van der Waals surface area contributed by atoms with E-state index in [0.717, 1.165) is 12.0 Å². The van der Waals surface area contributed by atoms with Crippen LogP contribution in [-0.4, -0.2) is 42.0 Å². The molecule has 0 saturated heterocycles. The van der Waals surface area contributed by atoms with E-state index in [1.165, 1.54) is 6.92 Å². The molecule has 2 amide bonds. The Bertz CT molecular complexity index is 641. The molecule has 4 N–H and O–H groups in total. The van der Waals surface area contributed by atoms with Crippen LogP contribution >= 0.6 is 0 Å². The van der Waals surface area contributed by atoms with Crippen molar-refractivity contribution in [2.45, 2.75) is 71.1 Å². The van der Waals surface area contributed by atoms with Crippen molar-refractivity contribution in [1.82, 2.24) is 10.6 Å². The van der Waals surface area contributed by atoms with Crippen molar-refractivity contribution in [3.63, 3.8) is 0 Å². The molecule has 0 aromatic heterocycles. The number of amides is 2. The molecule has 0 fully saturated rings. The van der Waals surface area contributed by atoms with Crippen LogP contribution in [0.4, 0.5) is 0 Å². The van der Waals surface area contributed by atoms with Crippen LogP contribution in [-0.2, 0) is 25.5 Å². The fourth-order valence-electron chi connectivity index (χ4n) is 2.69. The Balaban J connectivity index is 2.89. The van der Waals surface area contributed by atoms with Crippen molar-refractivity contribution in [3.8, 4) is 0 Å². The van der Waals surface area contributed by atoms with Gasteiger partial charge in [-0.3, -0.25) is 9.59 Å². The molecule has 0 bridgehead atoms. The van der Waals surface area contributed by atoms with Crippen molar-refractivity contribution in [2.75, 3.05) is 6.54 Å². The second-order valence-corrected chi connectivity index (χ2v) is 7.82. The number of unbranched alkanes of at least 4 members (excludes halogenated alkanes) is 1. The van der Waals surface area contributed by atoms with E-state index in [1.54, 1.807) is 20.8 Å². The number of nitrogens with one attached hydrogen (secondary N) is 2. The van der Waals surface area contributed by atoms with Gasteiger partial charge in [-0.25, -0.2) is 4.79 Å². The number of rotatable bonds is 10. The third-order valence-electron chi connectivity index (χ3n) is 3.93. The van der Waals surface area contributed by atoms with E-state index < -0.39 is 29.6 Å². The summed E-state index contributed by atoms with van der Waals surface area (Å²) in [6.07, 6.45) is 2.19. The Morgan fingerprint density at radius 3 is 2.21 bits per heavy atom. The van der Waals surface area contributed by atoms with E-state index in [-0.39, 0.29) is 5.91 Å². The Morgan fingerprint density at radius 2 is 1.68 bits per heavy atom. The highest BCUT2D eigenvalue weighted by molar-refractivity contribution is 5.90. The van der Waals surface area contributed by atoms with Gasteiger partial charge < -0.3 is 21.1 Å². The second-order valence-electron chi connectivity index (χ2n) is 7.82. The summed E-state index contributed by atoms with van der Waals surface area (Å²) in [5.41, 5.74) is 5.78. The molecule has 0 radical (unpaired) electrons. The first-order chi connectivity index (χ1) is 13.1. The maximum atomic E-state index is 12.8. The van der Waals surface area contributed by atoms with E-state index in [2.05, 4.69) is 10.6 Å². The zero-order chi connectivity index (χ0) is 21.2. The number of carbonyl (C=O) groups excluding carboxylic acids is 3. The molecule has 0 unspecified atom stereocenters. The first-order valence-electron chi connectivity index (χ1n) is 9.66. The van der Waals surface area contributed by atoms with Crippen LogP contribution < -0.4 is 16.4 Å². The lowest BCUT2D eigenvalue weighted by molar-refractivity contribution is -0.159. The fourth-order valence-corrected chi connectivity index (χ4v) is 2.69. The summed E-state index contributed by atoms with van der Waals surface area (Å²) in [6, 6.07) is 7.82. The third kappa shape index (κ3) is 9.50. The third-order valence-corrected chi connectivity index (χ3v) is 3.93. The van der Waals surface area contributed by atoms with Gasteiger partial charge >= 0.3 is 5.97 Å². The Hall–Kier alpha value is -2.41. The summed E-state index contributed by atoms with van der Waals surface area (Å²) >= 11 is 0. The monoisotopic (exact) mass is 391 g/mol. The van der Waals surface area contributed by atoms with Crippen molar-refractivity contribution in [1.29, 1.82) is 0 Å². The van der Waals surface area contributed by atoms with Gasteiger partial charge in [0.25, 0.3) is 0 Å². The molecule has 0 aliphatic carbocycles. The van der Waals surface area contributed by atoms with Crippen LogP contribution in [0.5, 0.6) is 0 Å².